The first kappa shape index (κ1) is 19.2. The summed E-state index contributed by atoms with van der Waals surface area (Å²) in [5.41, 5.74) is -0.793. The molecular formula is C16H11ClF3N5OS. The van der Waals surface area contributed by atoms with Crippen molar-refractivity contribution in [2.45, 2.75) is 11.3 Å². The molecule has 140 valence electrons. The Bertz CT molecular complexity index is 949. The molecule has 0 atom stereocenters. The fourth-order valence-corrected chi connectivity index (χ4v) is 3.11. The molecule has 0 saturated carbocycles. The molecule has 1 amide bonds. The van der Waals surface area contributed by atoms with Crippen LogP contribution in [0, 0.1) is 0 Å². The van der Waals surface area contributed by atoms with Gasteiger partial charge >= 0.3 is 6.18 Å². The number of benzene rings is 2. The number of thioether (sulfide) groups is 1. The lowest BCUT2D eigenvalue weighted by Crippen LogP contribution is -2.18. The number of carbonyl (C=O) groups is 1. The quantitative estimate of drug-likeness (QED) is 0.638. The van der Waals surface area contributed by atoms with Gasteiger partial charge in [-0.05, 0) is 34.7 Å². The molecule has 6 nitrogen and oxygen atoms in total. The van der Waals surface area contributed by atoms with Crippen molar-refractivity contribution in [1.29, 1.82) is 0 Å². The number of hydrogen-bond donors (Lipinski definition) is 1. The molecule has 1 aromatic heterocycles. The van der Waals surface area contributed by atoms with Gasteiger partial charge in [-0.1, -0.05) is 47.6 Å². The molecule has 0 fully saturated rings. The van der Waals surface area contributed by atoms with Crippen LogP contribution in [-0.2, 0) is 11.0 Å². The maximum absolute atomic E-state index is 13.1. The summed E-state index contributed by atoms with van der Waals surface area (Å²) in [6.07, 6.45) is -4.64. The minimum atomic E-state index is -4.64. The van der Waals surface area contributed by atoms with Crippen LogP contribution in [0.15, 0.2) is 53.7 Å². The van der Waals surface area contributed by atoms with Crippen LogP contribution in [0.3, 0.4) is 0 Å². The van der Waals surface area contributed by atoms with Crippen LogP contribution in [0.1, 0.15) is 5.56 Å². The van der Waals surface area contributed by atoms with Gasteiger partial charge in [-0.2, -0.15) is 17.9 Å². The molecule has 27 heavy (non-hydrogen) atoms. The molecule has 0 radical (unpaired) electrons. The van der Waals surface area contributed by atoms with E-state index in [-0.39, 0.29) is 10.8 Å². The number of aromatic nitrogens is 4. The van der Waals surface area contributed by atoms with E-state index in [1.54, 1.807) is 24.3 Å². The van der Waals surface area contributed by atoms with Crippen LogP contribution >= 0.6 is 23.4 Å². The van der Waals surface area contributed by atoms with E-state index in [1.165, 1.54) is 16.8 Å². The van der Waals surface area contributed by atoms with Crippen LogP contribution in [0.5, 0.6) is 0 Å². The molecule has 3 rings (SSSR count). The highest BCUT2D eigenvalue weighted by Crippen LogP contribution is 2.38. The van der Waals surface area contributed by atoms with Crippen molar-refractivity contribution >= 4 is 35.0 Å². The SMILES string of the molecule is O=C(CSc1nnnn1-c1ccccc1)Nc1c(Cl)cccc1C(F)(F)F. The molecule has 0 spiro atoms. The van der Waals surface area contributed by atoms with Crippen molar-refractivity contribution in [3.05, 3.63) is 59.1 Å². The topological polar surface area (TPSA) is 72.7 Å². The van der Waals surface area contributed by atoms with Crippen LogP contribution < -0.4 is 5.32 Å². The Hall–Kier alpha value is -2.59. The van der Waals surface area contributed by atoms with E-state index in [0.29, 0.717) is 10.8 Å². The summed E-state index contributed by atoms with van der Waals surface area (Å²) in [5, 5.41) is 13.6. The van der Waals surface area contributed by atoms with Crippen molar-refractivity contribution in [3.63, 3.8) is 0 Å². The first-order chi connectivity index (χ1) is 12.9. The molecular weight excluding hydrogens is 403 g/mol. The molecule has 3 aromatic rings. The molecule has 11 heteroatoms. The van der Waals surface area contributed by atoms with E-state index in [4.69, 9.17) is 11.6 Å². The van der Waals surface area contributed by atoms with Gasteiger partial charge in [0.1, 0.15) is 0 Å². The fourth-order valence-electron chi connectivity index (χ4n) is 2.19. The van der Waals surface area contributed by atoms with E-state index in [9.17, 15) is 18.0 Å². The highest BCUT2D eigenvalue weighted by atomic mass is 35.5. The van der Waals surface area contributed by atoms with Crippen LogP contribution in [0.2, 0.25) is 5.02 Å². The van der Waals surface area contributed by atoms with Crippen molar-refractivity contribution in [1.82, 2.24) is 20.2 Å². The minimum Gasteiger partial charge on any atom is -0.324 e. The van der Waals surface area contributed by atoms with Gasteiger partial charge in [-0.25, -0.2) is 0 Å². The number of tetrazole rings is 1. The third kappa shape index (κ3) is 4.58. The summed E-state index contributed by atoms with van der Waals surface area (Å²) in [6.45, 7) is 0. The zero-order valence-corrected chi connectivity index (χ0v) is 15.0. The van der Waals surface area contributed by atoms with Crippen LogP contribution in [0.25, 0.3) is 5.69 Å². The number of para-hydroxylation sites is 2. The highest BCUT2D eigenvalue weighted by Gasteiger charge is 2.34. The largest absolute Gasteiger partial charge is 0.418 e. The first-order valence-corrected chi connectivity index (χ1v) is 8.85. The number of alkyl halides is 3. The van der Waals surface area contributed by atoms with Gasteiger partial charge in [0.05, 0.1) is 27.7 Å². The normalized spacial score (nSPS) is 11.4. The summed E-state index contributed by atoms with van der Waals surface area (Å²) < 4.78 is 40.7. The van der Waals surface area contributed by atoms with Gasteiger partial charge in [-0.3, -0.25) is 4.79 Å². The van der Waals surface area contributed by atoms with E-state index in [2.05, 4.69) is 20.8 Å². The zero-order valence-electron chi connectivity index (χ0n) is 13.4. The second-order valence-corrected chi connectivity index (χ2v) is 6.56. The number of hydrogen-bond acceptors (Lipinski definition) is 5. The third-order valence-corrected chi connectivity index (χ3v) is 4.59. The molecule has 0 aliphatic heterocycles. The van der Waals surface area contributed by atoms with Crippen molar-refractivity contribution in [3.8, 4) is 5.69 Å². The predicted octanol–water partition coefficient (Wildman–Crippen LogP) is 4.07. The second kappa shape index (κ2) is 7.97. The molecule has 0 saturated heterocycles. The van der Waals surface area contributed by atoms with Gasteiger partial charge in [0.2, 0.25) is 11.1 Å². The maximum atomic E-state index is 13.1. The number of rotatable bonds is 5. The Morgan fingerprint density at radius 2 is 1.89 bits per heavy atom. The Kier molecular flexibility index (Phi) is 5.66. The van der Waals surface area contributed by atoms with Gasteiger partial charge in [-0.15, -0.1) is 5.10 Å². The van der Waals surface area contributed by atoms with Crippen molar-refractivity contribution < 1.29 is 18.0 Å². The summed E-state index contributed by atoms with van der Waals surface area (Å²) >= 11 is 6.81. The molecule has 0 unspecified atom stereocenters. The maximum Gasteiger partial charge on any atom is 0.418 e. The Morgan fingerprint density at radius 1 is 1.15 bits per heavy atom. The lowest BCUT2D eigenvalue weighted by molar-refractivity contribution is -0.137. The summed E-state index contributed by atoms with van der Waals surface area (Å²) in [7, 11) is 0. The van der Waals surface area contributed by atoms with Crippen molar-refractivity contribution in [2.24, 2.45) is 0 Å². The molecule has 2 aromatic carbocycles. The Labute approximate surface area is 160 Å². The molecule has 1 N–H and O–H groups in total. The minimum absolute atomic E-state index is 0.197. The monoisotopic (exact) mass is 413 g/mol. The molecule has 0 bridgehead atoms. The predicted molar refractivity (Wildman–Crippen MR) is 95.0 cm³/mol. The Morgan fingerprint density at radius 3 is 2.59 bits per heavy atom. The number of halogens is 4. The second-order valence-electron chi connectivity index (χ2n) is 5.21. The van der Waals surface area contributed by atoms with Gasteiger partial charge in [0.15, 0.2) is 0 Å². The standard InChI is InChI=1S/C16H11ClF3N5OS/c17-12-8-4-7-11(16(18,19)20)14(12)21-13(26)9-27-15-22-23-24-25(15)10-5-2-1-3-6-10/h1-8H,9H2,(H,21,26). The highest BCUT2D eigenvalue weighted by molar-refractivity contribution is 7.99. The average Bonchev–Trinajstić information content (AvgIpc) is 3.10. The van der Waals surface area contributed by atoms with Crippen molar-refractivity contribution in [2.75, 3.05) is 11.1 Å². The lowest BCUT2D eigenvalue weighted by atomic mass is 10.1. The summed E-state index contributed by atoms with van der Waals surface area (Å²) in [5.74, 6) is -0.864. The number of amides is 1. The zero-order chi connectivity index (χ0) is 19.4. The third-order valence-electron chi connectivity index (χ3n) is 3.36. The van der Waals surface area contributed by atoms with Gasteiger partial charge in [0, 0.05) is 0 Å². The fraction of sp³-hybridized carbons (Fsp3) is 0.125. The van der Waals surface area contributed by atoms with E-state index in [0.717, 1.165) is 17.8 Å². The lowest BCUT2D eigenvalue weighted by Gasteiger charge is -2.15. The number of nitrogens with one attached hydrogen (secondary N) is 1. The molecule has 1 heterocycles. The summed E-state index contributed by atoms with van der Waals surface area (Å²) in [4.78, 5) is 12.2. The number of anilines is 1. The van der Waals surface area contributed by atoms with E-state index < -0.39 is 23.3 Å². The molecule has 0 aliphatic carbocycles. The smallest absolute Gasteiger partial charge is 0.324 e. The molecule has 0 aliphatic rings. The number of carbonyl (C=O) groups excluding carboxylic acids is 1. The Balaban J connectivity index is 1.72. The van der Waals surface area contributed by atoms with Gasteiger partial charge < -0.3 is 5.32 Å². The van der Waals surface area contributed by atoms with E-state index in [1.807, 2.05) is 6.07 Å². The summed E-state index contributed by atoms with van der Waals surface area (Å²) in [6, 6.07) is 12.3. The van der Waals surface area contributed by atoms with Crippen LogP contribution in [0.4, 0.5) is 18.9 Å². The number of nitrogens with zero attached hydrogens (tertiary/aromatic N) is 4. The first-order valence-electron chi connectivity index (χ1n) is 7.48. The van der Waals surface area contributed by atoms with Gasteiger partial charge in [0.25, 0.3) is 0 Å². The van der Waals surface area contributed by atoms with Crippen LogP contribution in [-0.4, -0.2) is 31.9 Å². The average molecular weight is 414 g/mol. The van der Waals surface area contributed by atoms with E-state index >= 15 is 0 Å².